The molecule has 26 heavy (non-hydrogen) atoms. The SMILES string of the molecule is CCc1cccc(N[C@@H](C)c2nc3scc(-c4cccs4)c3c(=O)[nH]2)c1. The first-order valence-corrected chi connectivity index (χ1v) is 10.3. The molecule has 0 saturated heterocycles. The van der Waals surface area contributed by atoms with Crippen molar-refractivity contribution in [2.45, 2.75) is 26.3 Å². The fourth-order valence-electron chi connectivity index (χ4n) is 2.98. The van der Waals surface area contributed by atoms with E-state index in [0.717, 1.165) is 27.4 Å². The molecule has 3 aromatic heterocycles. The van der Waals surface area contributed by atoms with Crippen molar-refractivity contribution < 1.29 is 0 Å². The molecule has 2 N–H and O–H groups in total. The minimum atomic E-state index is -0.0912. The highest BCUT2D eigenvalue weighted by Gasteiger charge is 2.16. The van der Waals surface area contributed by atoms with Crippen LogP contribution >= 0.6 is 22.7 Å². The molecule has 4 aromatic rings. The van der Waals surface area contributed by atoms with E-state index < -0.39 is 0 Å². The Hall–Kier alpha value is -2.44. The Bertz CT molecular complexity index is 1100. The molecule has 1 aromatic carbocycles. The zero-order valence-corrected chi connectivity index (χ0v) is 16.2. The van der Waals surface area contributed by atoms with E-state index >= 15 is 0 Å². The number of nitrogens with one attached hydrogen (secondary N) is 2. The maximum atomic E-state index is 12.7. The first-order valence-electron chi connectivity index (χ1n) is 8.56. The van der Waals surface area contributed by atoms with Gasteiger partial charge < -0.3 is 10.3 Å². The number of benzene rings is 1. The van der Waals surface area contributed by atoms with E-state index in [2.05, 4.69) is 29.4 Å². The number of anilines is 1. The lowest BCUT2D eigenvalue weighted by Gasteiger charge is -2.15. The van der Waals surface area contributed by atoms with Crippen molar-refractivity contribution in [3.8, 4) is 10.4 Å². The normalized spacial score (nSPS) is 12.4. The minimum absolute atomic E-state index is 0.0781. The van der Waals surface area contributed by atoms with Gasteiger partial charge in [-0.2, -0.15) is 0 Å². The topological polar surface area (TPSA) is 57.8 Å². The second kappa shape index (κ2) is 7.05. The molecule has 0 saturated carbocycles. The van der Waals surface area contributed by atoms with Crippen LogP contribution in [0.5, 0.6) is 0 Å². The second-order valence-electron chi connectivity index (χ2n) is 6.18. The van der Waals surface area contributed by atoms with Gasteiger partial charge in [-0.05, 0) is 42.5 Å². The molecule has 1 atom stereocenters. The van der Waals surface area contributed by atoms with Gasteiger partial charge in [0.2, 0.25) is 0 Å². The number of H-pyrrole nitrogens is 1. The zero-order valence-electron chi connectivity index (χ0n) is 14.6. The van der Waals surface area contributed by atoms with Gasteiger partial charge in [0.15, 0.2) is 0 Å². The largest absolute Gasteiger partial charge is 0.375 e. The van der Waals surface area contributed by atoms with E-state index in [-0.39, 0.29) is 11.6 Å². The molecule has 0 aliphatic carbocycles. The van der Waals surface area contributed by atoms with Crippen LogP contribution in [-0.2, 0) is 6.42 Å². The molecular weight excluding hydrogens is 362 g/mol. The summed E-state index contributed by atoms with van der Waals surface area (Å²) in [6, 6.07) is 12.3. The molecule has 0 radical (unpaired) electrons. The third-order valence-electron chi connectivity index (χ3n) is 4.38. The third-order valence-corrected chi connectivity index (χ3v) is 6.15. The number of hydrogen-bond acceptors (Lipinski definition) is 5. The van der Waals surface area contributed by atoms with Gasteiger partial charge in [0, 0.05) is 21.5 Å². The van der Waals surface area contributed by atoms with Gasteiger partial charge in [-0.15, -0.1) is 22.7 Å². The van der Waals surface area contributed by atoms with E-state index in [1.165, 1.54) is 16.9 Å². The fourth-order valence-corrected chi connectivity index (χ4v) is 4.75. The molecule has 0 aliphatic rings. The highest BCUT2D eigenvalue weighted by atomic mass is 32.1. The number of fused-ring (bicyclic) bond motifs is 1. The van der Waals surface area contributed by atoms with Gasteiger partial charge >= 0.3 is 0 Å². The molecule has 0 unspecified atom stereocenters. The van der Waals surface area contributed by atoms with Crippen LogP contribution in [0.25, 0.3) is 20.7 Å². The monoisotopic (exact) mass is 381 g/mol. The number of aromatic nitrogens is 2. The molecule has 0 fully saturated rings. The summed E-state index contributed by atoms with van der Waals surface area (Å²) in [7, 11) is 0. The van der Waals surface area contributed by atoms with Crippen molar-refractivity contribution in [1.82, 2.24) is 9.97 Å². The smallest absolute Gasteiger partial charge is 0.260 e. The predicted octanol–water partition coefficient (Wildman–Crippen LogP) is 5.45. The summed E-state index contributed by atoms with van der Waals surface area (Å²) < 4.78 is 0. The standard InChI is InChI=1S/C20H19N3OS2/c1-3-13-6-4-7-14(10-13)21-12(2)18-22-19(24)17-15(11-26-20(17)23-18)16-8-5-9-25-16/h4-12,21H,3H2,1-2H3,(H,22,23,24)/t12-/m0/s1. The van der Waals surface area contributed by atoms with E-state index in [1.807, 2.05) is 41.9 Å². The lowest BCUT2D eigenvalue weighted by Crippen LogP contribution is -2.17. The number of nitrogens with zero attached hydrogens (tertiary/aromatic N) is 1. The lowest BCUT2D eigenvalue weighted by molar-refractivity contribution is 0.792. The van der Waals surface area contributed by atoms with Gasteiger partial charge in [0.05, 0.1) is 11.4 Å². The number of thiophene rings is 2. The molecule has 0 amide bonds. The average Bonchev–Trinajstić information content (AvgIpc) is 3.31. The number of aromatic amines is 1. The third kappa shape index (κ3) is 3.18. The lowest BCUT2D eigenvalue weighted by atomic mass is 10.1. The van der Waals surface area contributed by atoms with E-state index in [4.69, 9.17) is 4.98 Å². The van der Waals surface area contributed by atoms with Gasteiger partial charge in [-0.25, -0.2) is 4.98 Å². The molecule has 4 rings (SSSR count). The minimum Gasteiger partial charge on any atom is -0.375 e. The Kier molecular flexibility index (Phi) is 4.61. The van der Waals surface area contributed by atoms with Crippen molar-refractivity contribution in [2.24, 2.45) is 0 Å². The van der Waals surface area contributed by atoms with Crippen LogP contribution in [0.15, 0.2) is 52.0 Å². The van der Waals surface area contributed by atoms with Crippen LogP contribution < -0.4 is 10.9 Å². The highest BCUT2D eigenvalue weighted by Crippen LogP contribution is 2.33. The average molecular weight is 382 g/mol. The Morgan fingerprint density at radius 2 is 2.12 bits per heavy atom. The fraction of sp³-hybridized carbons (Fsp3) is 0.200. The van der Waals surface area contributed by atoms with Crippen LogP contribution in [-0.4, -0.2) is 9.97 Å². The first kappa shape index (κ1) is 17.0. The van der Waals surface area contributed by atoms with Gasteiger partial charge in [-0.3, -0.25) is 4.79 Å². The summed E-state index contributed by atoms with van der Waals surface area (Å²) in [5.41, 5.74) is 3.20. The molecule has 0 bridgehead atoms. The molecule has 0 aliphatic heterocycles. The van der Waals surface area contributed by atoms with Gasteiger partial charge in [-0.1, -0.05) is 25.1 Å². The molecule has 6 heteroatoms. The van der Waals surface area contributed by atoms with Gasteiger partial charge in [0.25, 0.3) is 5.56 Å². The van der Waals surface area contributed by atoms with Crippen molar-refractivity contribution in [2.75, 3.05) is 5.32 Å². The maximum absolute atomic E-state index is 12.7. The molecular formula is C20H19N3OS2. The predicted molar refractivity (Wildman–Crippen MR) is 111 cm³/mol. The Morgan fingerprint density at radius 3 is 2.88 bits per heavy atom. The summed E-state index contributed by atoms with van der Waals surface area (Å²) in [4.78, 5) is 22.3. The van der Waals surface area contributed by atoms with Crippen LogP contribution in [0.3, 0.4) is 0 Å². The van der Waals surface area contributed by atoms with Crippen molar-refractivity contribution in [3.05, 3.63) is 68.9 Å². The Balaban J connectivity index is 1.68. The maximum Gasteiger partial charge on any atom is 0.260 e. The van der Waals surface area contributed by atoms with E-state index in [1.54, 1.807) is 11.3 Å². The van der Waals surface area contributed by atoms with Crippen molar-refractivity contribution in [1.29, 1.82) is 0 Å². The van der Waals surface area contributed by atoms with Crippen LogP contribution in [0, 0.1) is 0 Å². The Labute approximate surface area is 159 Å². The summed E-state index contributed by atoms with van der Waals surface area (Å²) in [6.45, 7) is 4.15. The quantitative estimate of drug-likeness (QED) is 0.483. The first-order chi connectivity index (χ1) is 12.7. The molecule has 0 spiro atoms. The van der Waals surface area contributed by atoms with Crippen LogP contribution in [0.4, 0.5) is 5.69 Å². The number of hydrogen-bond donors (Lipinski definition) is 2. The summed E-state index contributed by atoms with van der Waals surface area (Å²) in [6.07, 6.45) is 0.992. The second-order valence-corrected chi connectivity index (χ2v) is 7.98. The highest BCUT2D eigenvalue weighted by molar-refractivity contribution is 7.18. The van der Waals surface area contributed by atoms with E-state index in [0.29, 0.717) is 11.2 Å². The van der Waals surface area contributed by atoms with Crippen molar-refractivity contribution in [3.63, 3.8) is 0 Å². The van der Waals surface area contributed by atoms with Crippen LogP contribution in [0.2, 0.25) is 0 Å². The molecule has 3 heterocycles. The van der Waals surface area contributed by atoms with Gasteiger partial charge in [0.1, 0.15) is 10.7 Å². The summed E-state index contributed by atoms with van der Waals surface area (Å²) in [5.74, 6) is 0.656. The number of rotatable bonds is 5. The number of aryl methyl sites for hydroxylation is 1. The van der Waals surface area contributed by atoms with E-state index in [9.17, 15) is 4.79 Å². The molecule has 4 nitrogen and oxygen atoms in total. The summed E-state index contributed by atoms with van der Waals surface area (Å²) in [5, 5.41) is 8.15. The van der Waals surface area contributed by atoms with Crippen LogP contribution in [0.1, 0.15) is 31.3 Å². The van der Waals surface area contributed by atoms with Crippen molar-refractivity contribution >= 4 is 38.6 Å². The summed E-state index contributed by atoms with van der Waals surface area (Å²) >= 11 is 3.15. The zero-order chi connectivity index (χ0) is 18.1. The Morgan fingerprint density at radius 1 is 1.23 bits per heavy atom. The molecule has 132 valence electrons.